The van der Waals surface area contributed by atoms with Crippen molar-refractivity contribution in [3.63, 3.8) is 0 Å². The molecule has 0 amide bonds. The molecule has 1 aliphatic carbocycles. The molecule has 0 bridgehead atoms. The van der Waals surface area contributed by atoms with Gasteiger partial charge < -0.3 is 0 Å². The summed E-state index contributed by atoms with van der Waals surface area (Å²) in [5, 5.41) is 13.4. The average molecular weight is 215 g/mol. The second-order valence-electron chi connectivity index (χ2n) is 3.16. The monoisotopic (exact) mass is 214 g/mol. The first kappa shape index (κ1) is 7.70. The van der Waals surface area contributed by atoms with Gasteiger partial charge in [-0.15, -0.1) is 21.8 Å². The Hall–Kier alpha value is -0.680. The smallest absolute Gasteiger partial charge is 0.187 e. The molecular formula is C7H7ClN4S. The molecule has 0 aromatic carbocycles. The molecule has 0 spiro atoms. The number of rotatable bonds is 2. The Bertz CT molecular complexity index is 444. The minimum atomic E-state index is 0.456. The van der Waals surface area contributed by atoms with Gasteiger partial charge in [0.25, 0.3) is 0 Å². The van der Waals surface area contributed by atoms with Crippen molar-refractivity contribution in [2.24, 2.45) is 0 Å². The fraction of sp³-hybridized carbons (Fsp3) is 0.571. The lowest BCUT2D eigenvalue weighted by atomic mass is 10.4. The lowest BCUT2D eigenvalue weighted by Crippen LogP contribution is -1.93. The predicted molar refractivity (Wildman–Crippen MR) is 50.2 cm³/mol. The van der Waals surface area contributed by atoms with Crippen LogP contribution in [0.25, 0.3) is 4.96 Å². The summed E-state index contributed by atoms with van der Waals surface area (Å²) in [6.45, 7) is 0. The molecule has 0 radical (unpaired) electrons. The molecule has 2 heterocycles. The molecule has 2 aromatic heterocycles. The van der Waals surface area contributed by atoms with E-state index in [-0.39, 0.29) is 0 Å². The van der Waals surface area contributed by atoms with Gasteiger partial charge in [-0.05, 0) is 12.8 Å². The lowest BCUT2D eigenvalue weighted by Gasteiger charge is -1.88. The Labute approximate surface area is 83.5 Å². The molecule has 13 heavy (non-hydrogen) atoms. The van der Waals surface area contributed by atoms with E-state index in [4.69, 9.17) is 11.6 Å². The van der Waals surface area contributed by atoms with E-state index in [2.05, 4.69) is 15.3 Å². The largest absolute Gasteiger partial charge is 0.234 e. The van der Waals surface area contributed by atoms with Gasteiger partial charge >= 0.3 is 0 Å². The Kier molecular flexibility index (Phi) is 1.57. The zero-order valence-corrected chi connectivity index (χ0v) is 8.35. The van der Waals surface area contributed by atoms with Gasteiger partial charge in [0, 0.05) is 5.92 Å². The molecule has 2 aromatic rings. The van der Waals surface area contributed by atoms with E-state index in [0.29, 0.717) is 11.8 Å². The first-order valence-corrected chi connectivity index (χ1v) is 5.50. The van der Waals surface area contributed by atoms with Gasteiger partial charge in [0.1, 0.15) is 5.01 Å². The van der Waals surface area contributed by atoms with E-state index < -0.39 is 0 Å². The maximum atomic E-state index is 5.69. The van der Waals surface area contributed by atoms with Crippen LogP contribution in [0.3, 0.4) is 0 Å². The third-order valence-corrected chi connectivity index (χ3v) is 3.42. The van der Waals surface area contributed by atoms with Crippen LogP contribution in [0.1, 0.15) is 29.6 Å². The van der Waals surface area contributed by atoms with Gasteiger partial charge in [-0.1, -0.05) is 11.3 Å². The molecule has 0 saturated heterocycles. The highest BCUT2D eigenvalue weighted by molar-refractivity contribution is 7.16. The third-order valence-electron chi connectivity index (χ3n) is 2.11. The van der Waals surface area contributed by atoms with Gasteiger partial charge in [-0.2, -0.15) is 9.61 Å². The van der Waals surface area contributed by atoms with Crippen LogP contribution >= 0.6 is 22.9 Å². The first-order chi connectivity index (χ1) is 6.38. The third kappa shape index (κ3) is 1.14. The van der Waals surface area contributed by atoms with E-state index in [0.717, 1.165) is 15.8 Å². The van der Waals surface area contributed by atoms with E-state index in [1.54, 1.807) is 0 Å². The van der Waals surface area contributed by atoms with Gasteiger partial charge in [-0.25, -0.2) is 0 Å². The van der Waals surface area contributed by atoms with E-state index in [1.165, 1.54) is 24.2 Å². The van der Waals surface area contributed by atoms with E-state index in [1.807, 2.05) is 4.52 Å². The molecule has 6 heteroatoms. The number of nitrogens with zero attached hydrogens (tertiary/aromatic N) is 4. The Balaban J connectivity index is 2.18. The highest BCUT2D eigenvalue weighted by Crippen LogP contribution is 2.39. The zero-order valence-electron chi connectivity index (χ0n) is 6.77. The molecule has 0 atom stereocenters. The van der Waals surface area contributed by atoms with Crippen LogP contribution < -0.4 is 0 Å². The maximum absolute atomic E-state index is 5.69. The van der Waals surface area contributed by atoms with Crippen LogP contribution in [0.2, 0.25) is 0 Å². The SMILES string of the molecule is ClCc1nn2c(C3CC3)nnc2s1. The summed E-state index contributed by atoms with van der Waals surface area (Å²) >= 11 is 7.20. The number of alkyl halides is 1. The zero-order chi connectivity index (χ0) is 8.84. The average Bonchev–Trinajstić information content (AvgIpc) is 2.78. The van der Waals surface area contributed by atoms with Crippen LogP contribution in [-0.2, 0) is 5.88 Å². The Morgan fingerprint density at radius 3 is 3.00 bits per heavy atom. The second-order valence-corrected chi connectivity index (χ2v) is 4.46. The first-order valence-electron chi connectivity index (χ1n) is 4.15. The van der Waals surface area contributed by atoms with Crippen molar-refractivity contribution in [1.82, 2.24) is 19.8 Å². The number of halogens is 1. The van der Waals surface area contributed by atoms with Gasteiger partial charge in [0.05, 0.1) is 5.88 Å². The fourth-order valence-corrected chi connectivity index (χ4v) is 2.23. The standard InChI is InChI=1S/C7H7ClN4S/c8-3-5-11-12-6(4-1-2-4)9-10-7(12)13-5/h4H,1-3H2. The molecule has 0 aliphatic heterocycles. The molecule has 1 saturated carbocycles. The quantitative estimate of drug-likeness (QED) is 0.716. The van der Waals surface area contributed by atoms with Gasteiger partial charge in [0.2, 0.25) is 4.96 Å². The van der Waals surface area contributed by atoms with Crippen LogP contribution in [0, 0.1) is 0 Å². The summed E-state index contributed by atoms with van der Waals surface area (Å²) in [5.41, 5.74) is 0. The topological polar surface area (TPSA) is 43.1 Å². The second kappa shape index (κ2) is 2.65. The summed E-state index contributed by atoms with van der Waals surface area (Å²) in [6, 6.07) is 0. The molecule has 68 valence electrons. The molecule has 4 nitrogen and oxygen atoms in total. The highest BCUT2D eigenvalue weighted by atomic mass is 35.5. The minimum absolute atomic E-state index is 0.456. The summed E-state index contributed by atoms with van der Waals surface area (Å²) in [7, 11) is 0. The van der Waals surface area contributed by atoms with Crippen molar-refractivity contribution in [1.29, 1.82) is 0 Å². The fourth-order valence-electron chi connectivity index (χ4n) is 1.32. The van der Waals surface area contributed by atoms with Crippen molar-refractivity contribution in [2.75, 3.05) is 0 Å². The normalized spacial score (nSPS) is 17.0. The van der Waals surface area contributed by atoms with Crippen molar-refractivity contribution < 1.29 is 0 Å². The molecular weight excluding hydrogens is 208 g/mol. The Morgan fingerprint density at radius 1 is 1.46 bits per heavy atom. The van der Waals surface area contributed by atoms with Gasteiger partial charge in [-0.3, -0.25) is 0 Å². The van der Waals surface area contributed by atoms with Gasteiger partial charge in [0.15, 0.2) is 5.82 Å². The molecule has 0 unspecified atom stereocenters. The minimum Gasteiger partial charge on any atom is -0.187 e. The van der Waals surface area contributed by atoms with Crippen LogP contribution in [0.5, 0.6) is 0 Å². The summed E-state index contributed by atoms with van der Waals surface area (Å²) < 4.78 is 1.83. The number of hydrogen-bond donors (Lipinski definition) is 0. The number of aromatic nitrogens is 4. The van der Waals surface area contributed by atoms with E-state index in [9.17, 15) is 0 Å². The molecule has 0 N–H and O–H groups in total. The lowest BCUT2D eigenvalue weighted by molar-refractivity contribution is 0.814. The number of fused-ring (bicyclic) bond motifs is 1. The van der Waals surface area contributed by atoms with Crippen molar-refractivity contribution in [2.45, 2.75) is 24.6 Å². The van der Waals surface area contributed by atoms with Crippen molar-refractivity contribution >= 4 is 27.9 Å². The van der Waals surface area contributed by atoms with Crippen LogP contribution in [-0.4, -0.2) is 19.8 Å². The molecule has 1 fully saturated rings. The Morgan fingerprint density at radius 2 is 2.31 bits per heavy atom. The molecule has 1 aliphatic rings. The summed E-state index contributed by atoms with van der Waals surface area (Å²) in [4.78, 5) is 0.859. The summed E-state index contributed by atoms with van der Waals surface area (Å²) in [5.74, 6) is 2.04. The summed E-state index contributed by atoms with van der Waals surface area (Å²) in [6.07, 6.45) is 2.43. The van der Waals surface area contributed by atoms with E-state index >= 15 is 0 Å². The van der Waals surface area contributed by atoms with Crippen molar-refractivity contribution in [3.05, 3.63) is 10.8 Å². The molecule has 3 rings (SSSR count). The maximum Gasteiger partial charge on any atom is 0.234 e. The number of hydrogen-bond acceptors (Lipinski definition) is 4. The van der Waals surface area contributed by atoms with Crippen LogP contribution in [0.4, 0.5) is 0 Å². The van der Waals surface area contributed by atoms with Crippen molar-refractivity contribution in [3.8, 4) is 0 Å². The van der Waals surface area contributed by atoms with Crippen LogP contribution in [0.15, 0.2) is 0 Å². The highest BCUT2D eigenvalue weighted by Gasteiger charge is 2.29. The predicted octanol–water partition coefficient (Wildman–Crippen LogP) is 1.80.